The first-order valence-electron chi connectivity index (χ1n) is 14.7. The van der Waals surface area contributed by atoms with Gasteiger partial charge in [0.15, 0.2) is 0 Å². The molecule has 0 fully saturated rings. The standard InChI is InChI=1S/2C14H10N.C12H10Si.2ClH.Zr/c2*1-2-10-15-14(9-1)13-8-4-6-11-5-3-7-12(11)13;1-3-7-11(8-4-1)13-12-9-5-2-6-10-12;;;/h2*1-10H;1-10H;2*1H;/q2*-1;;;;+4/p-2. The maximum absolute atomic E-state index is 4.93. The van der Waals surface area contributed by atoms with Gasteiger partial charge in [-0.3, -0.25) is 9.97 Å². The zero-order valence-electron chi connectivity index (χ0n) is 25.0. The largest absolute Gasteiger partial charge is 0.257 e. The van der Waals surface area contributed by atoms with Crippen molar-refractivity contribution in [3.05, 3.63) is 182 Å². The Morgan fingerprint density at radius 1 is 0.457 bits per heavy atom. The Labute approximate surface area is 291 Å². The van der Waals surface area contributed by atoms with Gasteiger partial charge in [-0.05, 0) is 35.4 Å². The van der Waals surface area contributed by atoms with Crippen molar-refractivity contribution in [2.24, 2.45) is 0 Å². The van der Waals surface area contributed by atoms with Gasteiger partial charge in [-0.1, -0.05) is 95.3 Å². The van der Waals surface area contributed by atoms with Crippen LogP contribution in [0.5, 0.6) is 0 Å². The summed E-state index contributed by atoms with van der Waals surface area (Å²) in [5.74, 6) is 0. The van der Waals surface area contributed by atoms with Gasteiger partial charge < -0.3 is 0 Å². The third-order valence-electron chi connectivity index (χ3n) is 7.07. The molecule has 8 aromatic rings. The average molecular weight is 729 g/mol. The van der Waals surface area contributed by atoms with E-state index >= 15 is 0 Å². The molecule has 0 saturated heterocycles. The fourth-order valence-corrected chi connectivity index (χ4v) is 6.08. The molecule has 0 unspecified atom stereocenters. The van der Waals surface area contributed by atoms with Gasteiger partial charge in [0, 0.05) is 12.4 Å². The summed E-state index contributed by atoms with van der Waals surface area (Å²) in [5.41, 5.74) is 4.49. The molecule has 0 atom stereocenters. The molecule has 0 amide bonds. The summed E-state index contributed by atoms with van der Waals surface area (Å²) in [7, 11) is 10.6. The molecule has 0 aliphatic rings. The molecule has 0 saturated carbocycles. The summed E-state index contributed by atoms with van der Waals surface area (Å²) in [5, 5.41) is 7.89. The molecule has 0 aliphatic heterocycles. The Morgan fingerprint density at radius 3 is 1.26 bits per heavy atom. The van der Waals surface area contributed by atoms with Gasteiger partial charge in [0.2, 0.25) is 0 Å². The fourth-order valence-electron chi connectivity index (χ4n) is 5.03. The maximum Gasteiger partial charge on any atom is 0.121 e. The zero-order valence-corrected chi connectivity index (χ0v) is 29.9. The maximum atomic E-state index is 4.93. The number of halogens is 2. The molecule has 0 spiro atoms. The number of pyridine rings is 2. The van der Waals surface area contributed by atoms with E-state index in [-0.39, 0.29) is 0 Å². The minimum absolute atomic E-state index is 0.777. The van der Waals surface area contributed by atoms with E-state index in [1.807, 2.05) is 48.8 Å². The first kappa shape index (κ1) is 33.4. The van der Waals surface area contributed by atoms with Crippen LogP contribution in [0.1, 0.15) is 0 Å². The van der Waals surface area contributed by atoms with Gasteiger partial charge in [0.1, 0.15) is 9.52 Å². The van der Waals surface area contributed by atoms with Gasteiger partial charge in [-0.15, -0.1) is 57.9 Å². The SMILES string of the molecule is [Cl][Zr+2][Cl].c1ccc(-c2cccc3[cH-]ccc23)nc1.c1ccc(-c2cccc3[cH-]ccc23)nc1.c1ccc([Si]c2ccccc2)cc1. The van der Waals surface area contributed by atoms with Crippen LogP contribution in [-0.2, 0) is 20.8 Å². The van der Waals surface area contributed by atoms with E-state index < -0.39 is 20.8 Å². The van der Waals surface area contributed by atoms with Crippen LogP contribution in [0.3, 0.4) is 0 Å². The molecule has 0 bridgehead atoms. The Morgan fingerprint density at radius 2 is 0.870 bits per heavy atom. The number of fused-ring (bicyclic) bond motifs is 2. The minimum Gasteiger partial charge on any atom is -0.257 e. The predicted molar refractivity (Wildman–Crippen MR) is 195 cm³/mol. The van der Waals surface area contributed by atoms with Crippen LogP contribution in [0.25, 0.3) is 44.1 Å². The molecule has 2 aromatic heterocycles. The van der Waals surface area contributed by atoms with Crippen LogP contribution in [0.15, 0.2) is 182 Å². The second kappa shape index (κ2) is 18.3. The molecule has 0 N–H and O–H groups in total. The second-order valence-corrected chi connectivity index (χ2v) is 15.2. The normalized spacial score (nSPS) is 9.96. The topological polar surface area (TPSA) is 25.8 Å². The monoisotopic (exact) mass is 726 g/mol. The second-order valence-electron chi connectivity index (χ2n) is 10.0. The molecular formula is C40H30Cl2N2SiZr. The number of nitrogens with zero attached hydrogens (tertiary/aromatic N) is 2. The first-order chi connectivity index (χ1) is 22.8. The average Bonchev–Trinajstić information content (AvgIpc) is 3.81. The van der Waals surface area contributed by atoms with Crippen molar-refractivity contribution in [1.29, 1.82) is 0 Å². The van der Waals surface area contributed by atoms with Crippen molar-refractivity contribution in [3.63, 3.8) is 0 Å². The molecule has 6 aromatic carbocycles. The van der Waals surface area contributed by atoms with Gasteiger partial charge in [-0.25, -0.2) is 0 Å². The van der Waals surface area contributed by atoms with Crippen LogP contribution < -0.4 is 10.4 Å². The third kappa shape index (κ3) is 9.55. The van der Waals surface area contributed by atoms with Gasteiger partial charge in [-0.2, -0.15) is 24.3 Å². The zero-order chi connectivity index (χ0) is 31.8. The number of hydrogen-bond donors (Lipinski definition) is 0. The van der Waals surface area contributed by atoms with Crippen molar-refractivity contribution < 1.29 is 20.8 Å². The van der Waals surface area contributed by atoms with E-state index in [2.05, 4.69) is 143 Å². The Balaban J connectivity index is 0.000000131. The van der Waals surface area contributed by atoms with Crippen molar-refractivity contribution in [2.75, 3.05) is 0 Å². The summed E-state index contributed by atoms with van der Waals surface area (Å²) in [4.78, 5) is 8.76. The minimum atomic E-state index is -0.826. The van der Waals surface area contributed by atoms with Gasteiger partial charge in [0.25, 0.3) is 0 Å². The van der Waals surface area contributed by atoms with E-state index in [1.165, 1.54) is 43.0 Å². The number of hydrogen-bond acceptors (Lipinski definition) is 2. The predicted octanol–water partition coefficient (Wildman–Crippen LogP) is 9.96. The molecule has 2 radical (unpaired) electrons. The number of benzene rings is 4. The molecule has 6 heteroatoms. The summed E-state index contributed by atoms with van der Waals surface area (Å²) < 4.78 is 0. The van der Waals surface area contributed by atoms with Gasteiger partial charge in [0.05, 0.1) is 11.4 Å². The van der Waals surface area contributed by atoms with E-state index in [1.54, 1.807) is 0 Å². The van der Waals surface area contributed by atoms with Crippen LogP contribution in [0.4, 0.5) is 0 Å². The van der Waals surface area contributed by atoms with Crippen LogP contribution >= 0.6 is 17.0 Å². The molecule has 2 heterocycles. The third-order valence-corrected chi connectivity index (χ3v) is 8.32. The Bertz CT molecular complexity index is 1870. The Kier molecular flexibility index (Phi) is 13.3. The molecule has 8 rings (SSSR count). The quantitative estimate of drug-likeness (QED) is 0.133. The van der Waals surface area contributed by atoms with Crippen molar-refractivity contribution in [3.8, 4) is 22.5 Å². The molecule has 0 aliphatic carbocycles. The number of aromatic nitrogens is 2. The van der Waals surface area contributed by atoms with E-state index in [0.29, 0.717) is 0 Å². The van der Waals surface area contributed by atoms with E-state index in [0.717, 1.165) is 20.9 Å². The van der Waals surface area contributed by atoms with Crippen molar-refractivity contribution in [1.82, 2.24) is 9.97 Å². The first-order valence-corrected chi connectivity index (χ1v) is 22.0. The van der Waals surface area contributed by atoms with E-state index in [4.69, 9.17) is 17.0 Å². The smallest absolute Gasteiger partial charge is 0.121 e. The summed E-state index contributed by atoms with van der Waals surface area (Å²) in [6.07, 6.45) is 3.66. The molecule has 222 valence electrons. The van der Waals surface area contributed by atoms with Crippen LogP contribution in [-0.4, -0.2) is 19.5 Å². The van der Waals surface area contributed by atoms with Crippen LogP contribution in [0, 0.1) is 0 Å². The van der Waals surface area contributed by atoms with Crippen molar-refractivity contribution in [2.45, 2.75) is 0 Å². The summed E-state index contributed by atoms with van der Waals surface area (Å²) in [6.45, 7) is 0. The van der Waals surface area contributed by atoms with Crippen molar-refractivity contribution >= 4 is 58.5 Å². The summed E-state index contributed by atoms with van der Waals surface area (Å²) >= 11 is -0.826. The fraction of sp³-hybridized carbons (Fsp3) is 0. The van der Waals surface area contributed by atoms with E-state index in [9.17, 15) is 0 Å². The molecular weight excluding hydrogens is 699 g/mol. The number of rotatable bonds is 4. The van der Waals surface area contributed by atoms with Crippen LogP contribution in [0.2, 0.25) is 0 Å². The van der Waals surface area contributed by atoms with Gasteiger partial charge >= 0.3 is 37.9 Å². The Hall–Kier alpha value is -3.92. The molecule has 46 heavy (non-hydrogen) atoms. The summed E-state index contributed by atoms with van der Waals surface area (Å²) in [6, 6.07) is 58.5. The molecule has 2 nitrogen and oxygen atoms in total.